The summed E-state index contributed by atoms with van der Waals surface area (Å²) in [5, 5.41) is 6.99. The van der Waals surface area contributed by atoms with Crippen LogP contribution in [0.15, 0.2) is 60.9 Å². The molecular formula is C20H20N4O3. The average Bonchev–Trinajstić information content (AvgIpc) is 3.22. The molecule has 2 amide bonds. The van der Waals surface area contributed by atoms with Crippen molar-refractivity contribution in [3.8, 4) is 11.4 Å². The Hall–Kier alpha value is -3.61. The van der Waals surface area contributed by atoms with Crippen molar-refractivity contribution in [2.75, 3.05) is 26.5 Å². The van der Waals surface area contributed by atoms with Gasteiger partial charge in [0.05, 0.1) is 18.4 Å². The maximum Gasteiger partial charge on any atom is 0.257 e. The van der Waals surface area contributed by atoms with E-state index in [1.165, 1.54) is 12.0 Å². The standard InChI is InChI=1S/C20H20N4O3/c1-23(2)20(26)17-13-15(8-9-18(17)27-3)22-19(25)14-6-4-7-16(12-14)24-11-5-10-21-24/h4-13H,1-3H3,(H,22,25). The Morgan fingerprint density at radius 3 is 2.59 bits per heavy atom. The zero-order valence-corrected chi connectivity index (χ0v) is 15.3. The molecule has 138 valence electrons. The van der Waals surface area contributed by atoms with E-state index in [0.717, 1.165) is 5.69 Å². The molecule has 0 aliphatic heterocycles. The first-order valence-electron chi connectivity index (χ1n) is 8.30. The van der Waals surface area contributed by atoms with Crippen molar-refractivity contribution in [2.45, 2.75) is 0 Å². The van der Waals surface area contributed by atoms with E-state index in [4.69, 9.17) is 4.74 Å². The number of nitrogens with one attached hydrogen (secondary N) is 1. The first-order chi connectivity index (χ1) is 13.0. The maximum atomic E-state index is 12.6. The van der Waals surface area contributed by atoms with Crippen molar-refractivity contribution < 1.29 is 14.3 Å². The van der Waals surface area contributed by atoms with E-state index in [0.29, 0.717) is 22.6 Å². The number of carbonyl (C=O) groups is 2. The number of hydrogen-bond donors (Lipinski definition) is 1. The lowest BCUT2D eigenvalue weighted by Crippen LogP contribution is -2.22. The second-order valence-corrected chi connectivity index (χ2v) is 6.07. The van der Waals surface area contributed by atoms with E-state index in [9.17, 15) is 9.59 Å². The second kappa shape index (κ2) is 7.74. The number of benzene rings is 2. The molecule has 2 aromatic carbocycles. The molecule has 0 fully saturated rings. The molecule has 3 rings (SSSR count). The highest BCUT2D eigenvalue weighted by Crippen LogP contribution is 2.24. The summed E-state index contributed by atoms with van der Waals surface area (Å²) in [4.78, 5) is 26.4. The third kappa shape index (κ3) is 3.98. The van der Waals surface area contributed by atoms with Crippen molar-refractivity contribution in [2.24, 2.45) is 0 Å². The number of anilines is 1. The molecule has 27 heavy (non-hydrogen) atoms. The van der Waals surface area contributed by atoms with Gasteiger partial charge in [-0.1, -0.05) is 6.07 Å². The predicted molar refractivity (Wildman–Crippen MR) is 103 cm³/mol. The van der Waals surface area contributed by atoms with E-state index in [1.807, 2.05) is 12.1 Å². The molecule has 0 saturated heterocycles. The molecule has 7 nitrogen and oxygen atoms in total. The number of rotatable bonds is 5. The molecule has 7 heteroatoms. The van der Waals surface area contributed by atoms with Crippen LogP contribution in [0.3, 0.4) is 0 Å². The van der Waals surface area contributed by atoms with Crippen LogP contribution in [0.5, 0.6) is 5.75 Å². The first-order valence-corrected chi connectivity index (χ1v) is 8.30. The minimum absolute atomic E-state index is 0.205. The number of hydrogen-bond acceptors (Lipinski definition) is 4. The zero-order chi connectivity index (χ0) is 19.4. The Bertz CT molecular complexity index is 965. The van der Waals surface area contributed by atoms with E-state index in [1.54, 1.807) is 67.6 Å². The van der Waals surface area contributed by atoms with Crippen molar-refractivity contribution in [3.63, 3.8) is 0 Å². The largest absolute Gasteiger partial charge is 0.496 e. The molecule has 0 bridgehead atoms. The van der Waals surface area contributed by atoms with Gasteiger partial charge in [-0.25, -0.2) is 4.68 Å². The molecule has 0 aliphatic rings. The Kier molecular flexibility index (Phi) is 5.21. The fraction of sp³-hybridized carbons (Fsp3) is 0.150. The van der Waals surface area contributed by atoms with Crippen LogP contribution in [0.2, 0.25) is 0 Å². The van der Waals surface area contributed by atoms with Crippen LogP contribution in [0.4, 0.5) is 5.69 Å². The fourth-order valence-electron chi connectivity index (χ4n) is 2.61. The van der Waals surface area contributed by atoms with Crippen LogP contribution in [0.1, 0.15) is 20.7 Å². The van der Waals surface area contributed by atoms with Gasteiger partial charge in [0.15, 0.2) is 0 Å². The second-order valence-electron chi connectivity index (χ2n) is 6.07. The summed E-state index contributed by atoms with van der Waals surface area (Å²) in [5.41, 5.74) is 2.16. The minimum atomic E-state index is -0.280. The molecule has 1 N–H and O–H groups in total. The molecule has 0 atom stereocenters. The first kappa shape index (κ1) is 18.2. The van der Waals surface area contributed by atoms with Gasteiger partial charge in [-0.3, -0.25) is 9.59 Å². The summed E-state index contributed by atoms with van der Waals surface area (Å²) in [7, 11) is 4.82. The van der Waals surface area contributed by atoms with Gasteiger partial charge < -0.3 is 15.0 Å². The Labute approximate surface area is 157 Å². The van der Waals surface area contributed by atoms with Gasteiger partial charge in [-0.05, 0) is 42.5 Å². The third-order valence-electron chi connectivity index (χ3n) is 3.97. The molecule has 3 aromatic rings. The number of amides is 2. The van der Waals surface area contributed by atoms with Gasteiger partial charge in [0.1, 0.15) is 5.75 Å². The normalized spacial score (nSPS) is 10.3. The van der Waals surface area contributed by atoms with Crippen molar-refractivity contribution in [1.29, 1.82) is 0 Å². The molecule has 0 saturated carbocycles. The summed E-state index contributed by atoms with van der Waals surface area (Å²) in [6.45, 7) is 0. The smallest absolute Gasteiger partial charge is 0.257 e. The van der Waals surface area contributed by atoms with Crippen LogP contribution < -0.4 is 10.1 Å². The number of aromatic nitrogens is 2. The Morgan fingerprint density at radius 1 is 1.11 bits per heavy atom. The molecule has 1 heterocycles. The van der Waals surface area contributed by atoms with Crippen molar-refractivity contribution >= 4 is 17.5 Å². The van der Waals surface area contributed by atoms with Gasteiger partial charge in [0.2, 0.25) is 0 Å². The van der Waals surface area contributed by atoms with E-state index >= 15 is 0 Å². The maximum absolute atomic E-state index is 12.6. The van der Waals surface area contributed by atoms with Crippen LogP contribution >= 0.6 is 0 Å². The van der Waals surface area contributed by atoms with Crippen molar-refractivity contribution in [3.05, 3.63) is 72.1 Å². The molecule has 0 radical (unpaired) electrons. The SMILES string of the molecule is COc1ccc(NC(=O)c2cccc(-n3cccn3)c2)cc1C(=O)N(C)C. The lowest BCUT2D eigenvalue weighted by atomic mass is 10.1. The molecular weight excluding hydrogens is 344 g/mol. The van der Waals surface area contributed by atoms with Crippen molar-refractivity contribution in [1.82, 2.24) is 14.7 Å². The van der Waals surface area contributed by atoms with Crippen LogP contribution in [0, 0.1) is 0 Å². The summed E-state index contributed by atoms with van der Waals surface area (Å²) in [6.07, 6.45) is 3.48. The van der Waals surface area contributed by atoms with Gasteiger partial charge in [0.25, 0.3) is 11.8 Å². The number of nitrogens with zero attached hydrogens (tertiary/aromatic N) is 3. The van der Waals surface area contributed by atoms with E-state index in [2.05, 4.69) is 10.4 Å². The summed E-state index contributed by atoms with van der Waals surface area (Å²) in [6, 6.07) is 13.9. The quantitative estimate of drug-likeness (QED) is 0.755. The minimum Gasteiger partial charge on any atom is -0.496 e. The topological polar surface area (TPSA) is 76.5 Å². The molecule has 0 aliphatic carbocycles. The average molecular weight is 364 g/mol. The van der Waals surface area contributed by atoms with E-state index in [-0.39, 0.29) is 11.8 Å². The van der Waals surface area contributed by atoms with Gasteiger partial charge in [-0.2, -0.15) is 5.10 Å². The monoisotopic (exact) mass is 364 g/mol. The highest BCUT2D eigenvalue weighted by Gasteiger charge is 2.16. The Morgan fingerprint density at radius 2 is 1.93 bits per heavy atom. The number of ether oxygens (including phenoxy) is 1. The molecule has 0 spiro atoms. The fourth-order valence-corrected chi connectivity index (χ4v) is 2.61. The highest BCUT2D eigenvalue weighted by atomic mass is 16.5. The summed E-state index contributed by atoms with van der Waals surface area (Å²) >= 11 is 0. The Balaban J connectivity index is 1.85. The summed E-state index contributed by atoms with van der Waals surface area (Å²) in [5.74, 6) is -0.0339. The summed E-state index contributed by atoms with van der Waals surface area (Å²) < 4.78 is 6.93. The van der Waals surface area contributed by atoms with Crippen LogP contribution in [0.25, 0.3) is 5.69 Å². The molecule has 0 unspecified atom stereocenters. The third-order valence-corrected chi connectivity index (χ3v) is 3.97. The molecule has 1 aromatic heterocycles. The van der Waals surface area contributed by atoms with Gasteiger partial charge in [-0.15, -0.1) is 0 Å². The number of carbonyl (C=O) groups excluding carboxylic acids is 2. The van der Waals surface area contributed by atoms with Crippen LogP contribution in [-0.4, -0.2) is 47.7 Å². The zero-order valence-electron chi connectivity index (χ0n) is 15.3. The highest BCUT2D eigenvalue weighted by molar-refractivity contribution is 6.05. The lowest BCUT2D eigenvalue weighted by molar-refractivity contribution is 0.0824. The van der Waals surface area contributed by atoms with E-state index < -0.39 is 0 Å². The van der Waals surface area contributed by atoms with Crippen LogP contribution in [-0.2, 0) is 0 Å². The predicted octanol–water partition coefficient (Wildman–Crippen LogP) is 2.84. The van der Waals surface area contributed by atoms with Gasteiger partial charge in [0, 0.05) is 37.7 Å². The van der Waals surface area contributed by atoms with Gasteiger partial charge >= 0.3 is 0 Å². The lowest BCUT2D eigenvalue weighted by Gasteiger charge is -2.15. The number of methoxy groups -OCH3 is 1.